The molecule has 134 heavy (non-hydrogen) atoms. The van der Waals surface area contributed by atoms with Crippen molar-refractivity contribution >= 4 is 146 Å². The first kappa shape index (κ1) is 104. The number of nitrogens with one attached hydrogen (secondary N) is 14. The number of carboxylic acid groups (broad SMARTS) is 1. The lowest BCUT2D eigenvalue weighted by atomic mass is 10.0. The lowest BCUT2D eigenvalue weighted by molar-refractivity contribution is -0.145. The van der Waals surface area contributed by atoms with E-state index in [4.69, 9.17) is 17.2 Å². The fourth-order valence-electron chi connectivity index (χ4n) is 16.1. The standard InChI is InChI=1S/C88H118N22O23S/c1-6-8-17-58-85(130)108(5)67(20-9-7-2)82(127)98-57(27-29-74(118)119)77(122)106-66(76(121)95-40-72(91)116)43-134-44-73(117)97-63(31-47-22-24-51(112)25-23-47)86(131)107(4)46(3)75(120)104-64(36-71(90)115)88(133)109-30-14-21-68(109)83(128)103-62(34-50-39-92-45-96-50)80(125)100-59(26-28-70(89)114)87(132)110-41-52(113)35-69(110)84(129)102-61(33-49-38-94-56-19-13-11-16-54(49)56)79(124)105-65(42-111)81(126)101-60(78(123)99-58)32-48-37-93-55-18-12-10-15-53(48)55/h10-13,15-16,18-19,22-25,37-39,45-46,52,57-69,93-94,111-113H,6-9,14,17,20-21,26-36,40-44H2,1-5H3,(H2,89,114)(H2,90,115)(H2,91,116)(H,92,96)(H,95,121)(H,97,117)(H,98,127)(H,99,123)(H,100,125)(H,101,126)(H,102,129)(H,103,128)(H,104,120)(H,105,124)(H,106,122)(H,118,119)/t46-,52+,57-,58+,59-,60-,61-,62-,63-,64+,65-,66-,67-,68-,69-/m0/s1. The van der Waals surface area contributed by atoms with Gasteiger partial charge in [0.05, 0.1) is 37.8 Å². The van der Waals surface area contributed by atoms with Crippen LogP contribution in [0.3, 0.4) is 0 Å². The van der Waals surface area contributed by atoms with Gasteiger partial charge in [-0.05, 0) is 86.4 Å². The van der Waals surface area contributed by atoms with E-state index in [1.807, 2.05) is 0 Å². The Labute approximate surface area is 773 Å². The molecule has 0 unspecified atom stereocenters. The molecule has 3 aromatic carbocycles. The highest BCUT2D eigenvalue weighted by atomic mass is 32.2. The van der Waals surface area contributed by atoms with E-state index >= 15 is 33.6 Å². The number of rotatable bonds is 26. The molecule has 3 aliphatic heterocycles. The Morgan fingerprint density at radius 1 is 0.522 bits per heavy atom. The first-order valence-electron chi connectivity index (χ1n) is 44.1. The van der Waals surface area contributed by atoms with Crippen molar-refractivity contribution in [2.24, 2.45) is 17.2 Å². The van der Waals surface area contributed by atoms with Gasteiger partial charge in [-0.3, -0.25) is 91.1 Å². The van der Waals surface area contributed by atoms with Gasteiger partial charge in [-0.2, -0.15) is 0 Å². The third-order valence-electron chi connectivity index (χ3n) is 23.5. The number of fused-ring (bicyclic) bond motifs is 4. The number of aromatic hydroxyl groups is 1. The third-order valence-corrected chi connectivity index (χ3v) is 24.5. The van der Waals surface area contributed by atoms with E-state index in [1.165, 1.54) is 57.8 Å². The number of carboxylic acids is 1. The fourth-order valence-corrected chi connectivity index (χ4v) is 16.9. The summed E-state index contributed by atoms with van der Waals surface area (Å²) < 4.78 is 0. The van der Waals surface area contributed by atoms with Crippen LogP contribution in [0.4, 0.5) is 0 Å². The molecule has 15 atom stereocenters. The Morgan fingerprint density at radius 3 is 1.62 bits per heavy atom. The number of phenols is 1. The van der Waals surface area contributed by atoms with Gasteiger partial charge in [0.25, 0.3) is 0 Å². The minimum atomic E-state index is -1.95. The zero-order valence-corrected chi connectivity index (χ0v) is 75.6. The second-order valence-corrected chi connectivity index (χ2v) is 34.4. The summed E-state index contributed by atoms with van der Waals surface area (Å²) in [6.45, 7) is 2.12. The van der Waals surface area contributed by atoms with Crippen molar-refractivity contribution in [3.8, 4) is 5.75 Å². The van der Waals surface area contributed by atoms with Crippen molar-refractivity contribution in [3.05, 3.63) is 120 Å². The summed E-state index contributed by atoms with van der Waals surface area (Å²) in [4.78, 5) is 290. The molecule has 724 valence electrons. The number of amides is 18. The topological polar surface area (TPSA) is 689 Å². The molecule has 6 heterocycles. The number of carbonyl (C=O) groups excluding carboxylic acids is 18. The van der Waals surface area contributed by atoms with E-state index in [0.29, 0.717) is 63.1 Å². The number of para-hydroxylation sites is 2. The van der Waals surface area contributed by atoms with Crippen LogP contribution in [0.25, 0.3) is 21.8 Å². The third kappa shape index (κ3) is 29.0. The number of aliphatic hydroxyl groups is 2. The summed E-state index contributed by atoms with van der Waals surface area (Å²) >= 11 is 0.693. The Balaban J connectivity index is 1.09. The van der Waals surface area contributed by atoms with Gasteiger partial charge in [-0.25, -0.2) is 4.98 Å². The van der Waals surface area contributed by atoms with Crippen LogP contribution in [0.5, 0.6) is 5.75 Å². The van der Waals surface area contributed by atoms with Crippen LogP contribution in [0.1, 0.15) is 133 Å². The number of unbranched alkanes of at least 4 members (excludes halogenated alkanes) is 2. The number of aromatic amines is 3. The average molecular weight is 1880 g/mol. The Bertz CT molecular complexity index is 5240. The van der Waals surface area contributed by atoms with E-state index in [9.17, 15) is 78.0 Å². The number of imidazole rings is 1. The maximum absolute atomic E-state index is 15.3. The van der Waals surface area contributed by atoms with Crippen LogP contribution >= 0.6 is 11.8 Å². The minimum Gasteiger partial charge on any atom is -0.508 e. The van der Waals surface area contributed by atoms with Gasteiger partial charge in [-0.15, -0.1) is 11.8 Å². The summed E-state index contributed by atoms with van der Waals surface area (Å²) in [5.74, 6) is -21.4. The first-order valence-corrected chi connectivity index (χ1v) is 45.3. The molecule has 3 aliphatic rings. The van der Waals surface area contributed by atoms with E-state index in [1.54, 1.807) is 74.8 Å². The number of hydrogen-bond acceptors (Lipinski definition) is 24. The number of aliphatic hydroxyl groups excluding tert-OH is 2. The maximum Gasteiger partial charge on any atom is 0.303 e. The Hall–Kier alpha value is -14.0. The molecule has 0 bridgehead atoms. The van der Waals surface area contributed by atoms with Crippen molar-refractivity contribution in [3.63, 3.8) is 0 Å². The van der Waals surface area contributed by atoms with Crippen LogP contribution in [-0.4, -0.2) is 315 Å². The molecule has 9 rings (SSSR count). The molecule has 6 aromatic rings. The summed E-state index contributed by atoms with van der Waals surface area (Å²) in [5.41, 5.74) is 19.4. The highest BCUT2D eigenvalue weighted by molar-refractivity contribution is 8.00. The van der Waals surface area contributed by atoms with Crippen molar-refractivity contribution in [1.29, 1.82) is 0 Å². The molecule has 3 aromatic heterocycles. The summed E-state index contributed by atoms with van der Waals surface area (Å²) in [7, 11) is 2.43. The van der Waals surface area contributed by atoms with Gasteiger partial charge in [0.1, 0.15) is 90.3 Å². The SMILES string of the molecule is CCCC[C@H]1NC(=O)[C@H](Cc2c[nH]c3ccccc23)NC(=O)[C@H](CO)NC(=O)[C@H](Cc2c[nH]c3ccccc23)NC(=O)[C@@H]2C[C@@H](O)CN2C(=O)[C@H](CCC(N)=O)NC(=O)[C@H](Cc2cnc[nH]2)NC(=O)[C@@H]2CCCN2C(=O)[C@@H](CC(N)=O)NC(=O)[C@H](C)N(C)C(=O)[C@H](Cc2ccc(O)cc2)NC(=O)CSC[C@@H](C(=O)NCC(N)=O)NC(=O)[C@H](CCC(=O)O)NC(=O)[C@H](CCCC)N(C)C1=O. The molecule has 0 saturated carbocycles. The van der Waals surface area contributed by atoms with Crippen molar-refractivity contribution in [2.45, 2.75) is 227 Å². The normalized spacial score (nSPS) is 24.7. The zero-order chi connectivity index (χ0) is 97.7. The number of H-pyrrole nitrogens is 3. The molecule has 0 radical (unpaired) electrons. The van der Waals surface area contributed by atoms with Gasteiger partial charge < -0.3 is 131 Å². The summed E-state index contributed by atoms with van der Waals surface area (Å²) in [5, 5.41) is 72.0. The van der Waals surface area contributed by atoms with E-state index in [2.05, 4.69) is 78.4 Å². The van der Waals surface area contributed by atoms with Crippen LogP contribution in [0.2, 0.25) is 0 Å². The minimum absolute atomic E-state index is 0.0768. The Morgan fingerprint density at radius 2 is 1.04 bits per heavy atom. The number of carbonyl (C=O) groups is 19. The first-order chi connectivity index (χ1) is 63.9. The molecule has 24 N–H and O–H groups in total. The monoisotopic (exact) mass is 1880 g/mol. The van der Waals surface area contributed by atoms with Gasteiger partial charge in [0, 0.05) is 124 Å². The van der Waals surface area contributed by atoms with Gasteiger partial charge >= 0.3 is 5.97 Å². The number of benzene rings is 3. The molecule has 0 spiro atoms. The zero-order valence-electron chi connectivity index (χ0n) is 74.8. The predicted octanol–water partition coefficient (Wildman–Crippen LogP) is -4.45. The highest BCUT2D eigenvalue weighted by Crippen LogP contribution is 2.27. The Kier molecular flexibility index (Phi) is 38.3. The van der Waals surface area contributed by atoms with Gasteiger partial charge in [0.2, 0.25) is 106 Å². The van der Waals surface area contributed by atoms with Crippen LogP contribution in [0, 0.1) is 0 Å². The predicted molar refractivity (Wildman–Crippen MR) is 482 cm³/mol. The molecule has 45 nitrogen and oxygen atoms in total. The number of phenolic OH excluding ortho intramolecular Hbond substituents is 1. The number of aromatic nitrogens is 4. The summed E-state index contributed by atoms with van der Waals surface area (Å²) in [6.07, 6.45) is 0.220. The summed E-state index contributed by atoms with van der Waals surface area (Å²) in [6, 6.07) is -4.15. The van der Waals surface area contributed by atoms with Crippen molar-refractivity contribution < 1.29 is 112 Å². The number of likely N-dealkylation sites (N-methyl/N-ethyl adjacent to an activating group) is 2. The number of aliphatic carboxylic acids is 1. The average Bonchev–Trinajstić information content (AvgIpc) is 1.65. The quantitative estimate of drug-likeness (QED) is 0.0244. The van der Waals surface area contributed by atoms with E-state index in [0.717, 1.165) is 19.6 Å². The molecular weight excluding hydrogens is 1770 g/mol. The molecule has 3 saturated heterocycles. The van der Waals surface area contributed by atoms with E-state index < -0.39 is 279 Å². The lowest BCUT2D eigenvalue weighted by Crippen LogP contribution is -2.61. The molecule has 46 heteroatoms. The molecule has 3 fully saturated rings. The number of nitrogens with two attached hydrogens (primary N) is 3. The number of nitrogens with zero attached hydrogens (tertiary/aromatic N) is 5. The molecular formula is C88H118N22O23S. The van der Waals surface area contributed by atoms with E-state index in [-0.39, 0.29) is 75.8 Å². The molecule has 18 amide bonds. The second-order valence-electron chi connectivity index (χ2n) is 33.4. The number of thioether (sulfide) groups is 1. The highest BCUT2D eigenvalue weighted by Gasteiger charge is 2.46. The number of primary amides is 3. The van der Waals surface area contributed by atoms with Crippen molar-refractivity contribution in [1.82, 2.24) is 98.0 Å². The second kappa shape index (κ2) is 49.4. The lowest BCUT2D eigenvalue weighted by Gasteiger charge is -2.33. The van der Waals surface area contributed by atoms with Crippen LogP contribution < -0.4 is 75.7 Å². The fraction of sp³-hybridized carbons (Fsp3) is 0.500. The largest absolute Gasteiger partial charge is 0.508 e. The van der Waals surface area contributed by atoms with Gasteiger partial charge in [0.15, 0.2) is 0 Å². The molecule has 0 aliphatic carbocycles. The smallest absolute Gasteiger partial charge is 0.303 e. The van der Waals surface area contributed by atoms with Crippen LogP contribution in [0.15, 0.2) is 97.7 Å². The van der Waals surface area contributed by atoms with Gasteiger partial charge in [-0.1, -0.05) is 88.1 Å². The number of hydrogen-bond donors (Lipinski definition) is 21. The van der Waals surface area contributed by atoms with Crippen LogP contribution in [-0.2, 0) is 117 Å². The van der Waals surface area contributed by atoms with Crippen molar-refractivity contribution in [2.75, 3.05) is 51.8 Å². The maximum atomic E-state index is 15.3.